The Labute approximate surface area is 234 Å². The van der Waals surface area contributed by atoms with Gasteiger partial charge in [0.15, 0.2) is 17.5 Å². The Bertz CT molecular complexity index is 1960. The van der Waals surface area contributed by atoms with Crippen LogP contribution in [0.4, 0.5) is 0 Å². The maximum Gasteiger partial charge on any atom is 0.164 e. The molecule has 7 aromatic rings. The number of hydrogen-bond donors (Lipinski definition) is 0. The van der Waals surface area contributed by atoms with E-state index in [2.05, 4.69) is 61.5 Å². The van der Waals surface area contributed by atoms with Gasteiger partial charge in [-0.25, -0.2) is 15.0 Å². The fourth-order valence-corrected chi connectivity index (χ4v) is 5.33. The summed E-state index contributed by atoms with van der Waals surface area (Å²) in [6.07, 6.45) is 0. The Kier molecular flexibility index (Phi) is 5.94. The van der Waals surface area contributed by atoms with E-state index < -0.39 is 0 Å². The molecular weight excluding hydrogens is 485 g/mol. The van der Waals surface area contributed by atoms with Crippen molar-refractivity contribution in [3.63, 3.8) is 0 Å². The van der Waals surface area contributed by atoms with Gasteiger partial charge in [0, 0.05) is 16.7 Å². The summed E-state index contributed by atoms with van der Waals surface area (Å²) in [5, 5.41) is 4.85. The van der Waals surface area contributed by atoms with E-state index in [-0.39, 0.29) is 0 Å². The molecule has 0 unspecified atom stereocenters. The number of aromatic nitrogens is 3. The Balaban J connectivity index is 1.46. The van der Waals surface area contributed by atoms with Crippen molar-refractivity contribution in [2.24, 2.45) is 0 Å². The van der Waals surface area contributed by atoms with Crippen LogP contribution in [0, 0.1) is 6.92 Å². The summed E-state index contributed by atoms with van der Waals surface area (Å²) in [5.74, 6) is 1.84. The summed E-state index contributed by atoms with van der Waals surface area (Å²) in [6.45, 7) is 2.13. The molecule has 2 radical (unpaired) electrons. The highest BCUT2D eigenvalue weighted by Crippen LogP contribution is 2.36. The Hall–Kier alpha value is -5.09. The van der Waals surface area contributed by atoms with Crippen molar-refractivity contribution in [3.05, 3.63) is 133 Å². The number of rotatable bonds is 4. The summed E-state index contributed by atoms with van der Waals surface area (Å²) >= 11 is 0. The van der Waals surface area contributed by atoms with Crippen molar-refractivity contribution in [1.29, 1.82) is 0 Å². The number of benzene rings is 6. The van der Waals surface area contributed by atoms with Crippen LogP contribution < -0.4 is 5.46 Å². The maximum absolute atomic E-state index is 6.55. The van der Waals surface area contributed by atoms with E-state index in [0.29, 0.717) is 22.9 Å². The summed E-state index contributed by atoms with van der Waals surface area (Å²) in [6, 6.07) is 43.5. The average molecular weight is 509 g/mol. The molecule has 0 aliphatic carbocycles. The first-order valence-corrected chi connectivity index (χ1v) is 13.3. The molecule has 0 saturated carbocycles. The number of hydrogen-bond acceptors (Lipinski definition) is 3. The van der Waals surface area contributed by atoms with Gasteiger partial charge in [0.25, 0.3) is 0 Å². The molecule has 3 nitrogen and oxygen atoms in total. The van der Waals surface area contributed by atoms with E-state index in [1.165, 1.54) is 27.1 Å². The van der Waals surface area contributed by atoms with Gasteiger partial charge in [0.05, 0.1) is 0 Å². The van der Waals surface area contributed by atoms with Gasteiger partial charge < -0.3 is 0 Å². The predicted molar refractivity (Wildman–Crippen MR) is 167 cm³/mol. The van der Waals surface area contributed by atoms with Crippen LogP contribution in [-0.2, 0) is 0 Å². The Morgan fingerprint density at radius 1 is 0.450 bits per heavy atom. The highest BCUT2D eigenvalue weighted by molar-refractivity contribution is 6.33. The molecule has 4 heteroatoms. The minimum Gasteiger partial charge on any atom is -0.208 e. The lowest BCUT2D eigenvalue weighted by Gasteiger charge is -2.14. The molecule has 1 heterocycles. The molecule has 0 spiro atoms. The summed E-state index contributed by atoms with van der Waals surface area (Å²) < 4.78 is 0. The van der Waals surface area contributed by atoms with Crippen molar-refractivity contribution < 1.29 is 0 Å². The third-order valence-corrected chi connectivity index (χ3v) is 7.24. The minimum absolute atomic E-state index is 0.586. The van der Waals surface area contributed by atoms with Gasteiger partial charge in [-0.05, 0) is 51.7 Å². The predicted octanol–water partition coefficient (Wildman–Crippen LogP) is 7.95. The van der Waals surface area contributed by atoms with Gasteiger partial charge in [-0.1, -0.05) is 126 Å². The Morgan fingerprint density at radius 2 is 1.02 bits per heavy atom. The van der Waals surface area contributed by atoms with Crippen LogP contribution in [0.5, 0.6) is 0 Å². The summed E-state index contributed by atoms with van der Waals surface area (Å²) in [7, 11) is 6.55. The summed E-state index contributed by atoms with van der Waals surface area (Å²) in [5.41, 5.74) is 6.74. The zero-order chi connectivity index (χ0) is 27.1. The number of nitrogens with zero attached hydrogens (tertiary/aromatic N) is 3. The van der Waals surface area contributed by atoms with Crippen molar-refractivity contribution in [2.45, 2.75) is 6.92 Å². The molecule has 7 rings (SSSR count). The first-order valence-electron chi connectivity index (χ1n) is 13.3. The standard InChI is InChI=1S/C36H24BN3/c1-23-16-17-31-30-15-9-8-14-26(30)22-32(33(31)18-23)27-19-28(21-29(37)20-27)36-39-34(24-10-4-2-5-11-24)38-35(40-36)25-12-6-3-7-13-25/h2-22H,1H3. The van der Waals surface area contributed by atoms with E-state index >= 15 is 0 Å². The molecule has 40 heavy (non-hydrogen) atoms. The van der Waals surface area contributed by atoms with Gasteiger partial charge in [0.2, 0.25) is 0 Å². The van der Waals surface area contributed by atoms with Crippen molar-refractivity contribution in [1.82, 2.24) is 15.0 Å². The molecule has 0 aliphatic rings. The smallest absolute Gasteiger partial charge is 0.164 e. The molecule has 0 bridgehead atoms. The number of aryl methyl sites for hydroxylation is 1. The van der Waals surface area contributed by atoms with E-state index in [9.17, 15) is 0 Å². The fraction of sp³-hybridized carbons (Fsp3) is 0.0278. The van der Waals surface area contributed by atoms with Crippen LogP contribution >= 0.6 is 0 Å². The lowest BCUT2D eigenvalue weighted by atomic mass is 9.87. The molecule has 0 fully saturated rings. The van der Waals surface area contributed by atoms with Crippen LogP contribution in [0.15, 0.2) is 127 Å². The van der Waals surface area contributed by atoms with Crippen LogP contribution in [0.1, 0.15) is 5.56 Å². The highest BCUT2D eigenvalue weighted by Gasteiger charge is 2.15. The number of fused-ring (bicyclic) bond motifs is 3. The summed E-state index contributed by atoms with van der Waals surface area (Å²) in [4.78, 5) is 14.7. The third-order valence-electron chi connectivity index (χ3n) is 7.24. The molecule has 1 aromatic heterocycles. The van der Waals surface area contributed by atoms with Gasteiger partial charge >= 0.3 is 0 Å². The zero-order valence-corrected chi connectivity index (χ0v) is 22.0. The second-order valence-corrected chi connectivity index (χ2v) is 10.1. The molecule has 186 valence electrons. The topological polar surface area (TPSA) is 38.7 Å². The van der Waals surface area contributed by atoms with Crippen molar-refractivity contribution in [2.75, 3.05) is 0 Å². The maximum atomic E-state index is 6.55. The second kappa shape index (κ2) is 9.90. The molecule has 6 aromatic carbocycles. The van der Waals surface area contributed by atoms with Crippen LogP contribution in [0.25, 0.3) is 66.8 Å². The SMILES string of the molecule is [B]c1cc(-c2nc(-c3ccccc3)nc(-c3ccccc3)n2)cc(-c2cc3ccccc3c3ccc(C)cc23)c1. The normalized spacial score (nSPS) is 11.2. The van der Waals surface area contributed by atoms with E-state index in [1.807, 2.05) is 72.8 Å². The van der Waals surface area contributed by atoms with Crippen molar-refractivity contribution in [3.8, 4) is 45.3 Å². The van der Waals surface area contributed by atoms with Gasteiger partial charge in [-0.3, -0.25) is 0 Å². The molecule has 0 N–H and O–H groups in total. The lowest BCUT2D eigenvalue weighted by molar-refractivity contribution is 1.07. The first kappa shape index (κ1) is 24.0. The van der Waals surface area contributed by atoms with E-state index in [4.69, 9.17) is 22.8 Å². The second-order valence-electron chi connectivity index (χ2n) is 10.1. The lowest BCUT2D eigenvalue weighted by Crippen LogP contribution is -2.06. The monoisotopic (exact) mass is 509 g/mol. The van der Waals surface area contributed by atoms with Crippen LogP contribution in [0.2, 0.25) is 0 Å². The molecule has 0 saturated heterocycles. The zero-order valence-electron chi connectivity index (χ0n) is 22.0. The molecule has 0 atom stereocenters. The van der Waals surface area contributed by atoms with E-state index in [1.54, 1.807) is 0 Å². The molecule has 0 aliphatic heterocycles. The fourth-order valence-electron chi connectivity index (χ4n) is 5.33. The van der Waals surface area contributed by atoms with Gasteiger partial charge in [0.1, 0.15) is 7.85 Å². The van der Waals surface area contributed by atoms with Crippen LogP contribution in [0.3, 0.4) is 0 Å². The van der Waals surface area contributed by atoms with Gasteiger partial charge in [-0.2, -0.15) is 0 Å². The quantitative estimate of drug-likeness (QED) is 0.179. The van der Waals surface area contributed by atoms with Crippen molar-refractivity contribution >= 4 is 34.9 Å². The Morgan fingerprint density at radius 3 is 1.70 bits per heavy atom. The molecule has 0 amide bonds. The highest BCUT2D eigenvalue weighted by atomic mass is 15.0. The molecular formula is C36H24BN3. The third kappa shape index (κ3) is 4.44. The van der Waals surface area contributed by atoms with E-state index in [0.717, 1.165) is 27.8 Å². The average Bonchev–Trinajstić information content (AvgIpc) is 3.01. The first-order chi connectivity index (χ1) is 19.6. The minimum atomic E-state index is 0.586. The van der Waals surface area contributed by atoms with Crippen LogP contribution in [-0.4, -0.2) is 22.8 Å². The van der Waals surface area contributed by atoms with Gasteiger partial charge in [-0.15, -0.1) is 0 Å². The largest absolute Gasteiger partial charge is 0.208 e.